The Hall–Kier alpha value is -3.84. The van der Waals surface area contributed by atoms with Gasteiger partial charge >= 0.3 is 6.03 Å². The molecule has 2 amide bonds. The summed E-state index contributed by atoms with van der Waals surface area (Å²) in [5.74, 6) is 0.535. The van der Waals surface area contributed by atoms with Gasteiger partial charge in [-0.15, -0.1) is 0 Å². The summed E-state index contributed by atoms with van der Waals surface area (Å²) in [5.41, 5.74) is 3.94. The minimum Gasteiger partial charge on any atom is -0.487 e. The van der Waals surface area contributed by atoms with Crippen molar-refractivity contribution in [2.24, 2.45) is 0 Å². The second kappa shape index (κ2) is 9.11. The third-order valence-corrected chi connectivity index (χ3v) is 5.25. The number of benzene rings is 2. The summed E-state index contributed by atoms with van der Waals surface area (Å²) in [6.07, 6.45) is 1.69. The predicted molar refractivity (Wildman–Crippen MR) is 126 cm³/mol. The number of nitrogens with zero attached hydrogens (tertiary/aromatic N) is 2. The number of amides is 2. The van der Waals surface area contributed by atoms with Gasteiger partial charge in [-0.05, 0) is 55.3 Å². The van der Waals surface area contributed by atoms with Gasteiger partial charge in [-0.3, -0.25) is 9.20 Å². The van der Waals surface area contributed by atoms with Crippen LogP contribution >= 0.6 is 11.6 Å². The van der Waals surface area contributed by atoms with E-state index in [2.05, 4.69) is 15.6 Å². The van der Waals surface area contributed by atoms with Gasteiger partial charge in [0, 0.05) is 34.7 Å². The molecule has 0 fully saturated rings. The first-order valence-electron chi connectivity index (χ1n) is 9.94. The number of pyridine rings is 1. The van der Waals surface area contributed by atoms with Crippen LogP contribution in [0.3, 0.4) is 0 Å². The first kappa shape index (κ1) is 21.4. The Morgan fingerprint density at radius 2 is 1.78 bits per heavy atom. The SMILES string of the molecule is Cc1ccc(NC(=O)Nc2cccc(OCc3cc(=O)n4cccc(C)c4n3)c2)cc1Cl. The second-order valence-electron chi connectivity index (χ2n) is 7.33. The molecular formula is C24H21ClN4O3. The highest BCUT2D eigenvalue weighted by Crippen LogP contribution is 2.21. The summed E-state index contributed by atoms with van der Waals surface area (Å²) in [6.45, 7) is 3.91. The molecule has 0 bridgehead atoms. The lowest BCUT2D eigenvalue weighted by Crippen LogP contribution is -2.19. The number of carbonyl (C=O) groups is 1. The van der Waals surface area contributed by atoms with Gasteiger partial charge in [-0.1, -0.05) is 29.8 Å². The van der Waals surface area contributed by atoms with Crippen LogP contribution in [0.5, 0.6) is 5.75 Å². The normalized spacial score (nSPS) is 10.7. The average molecular weight is 449 g/mol. The lowest BCUT2D eigenvalue weighted by atomic mass is 10.2. The molecule has 0 radical (unpaired) electrons. The number of carbonyl (C=O) groups excluding carboxylic acids is 1. The lowest BCUT2D eigenvalue weighted by Gasteiger charge is -2.11. The van der Waals surface area contributed by atoms with Crippen LogP contribution in [0.25, 0.3) is 5.65 Å². The third-order valence-electron chi connectivity index (χ3n) is 4.85. The van der Waals surface area contributed by atoms with Crippen LogP contribution in [0, 0.1) is 13.8 Å². The minimum absolute atomic E-state index is 0.123. The number of urea groups is 1. The standard InChI is InChI=1S/C24H21ClN4O3/c1-15-8-9-18(12-21(15)25)28-24(31)27-17-6-3-7-20(11-17)32-14-19-13-22(30)29-10-4-5-16(2)23(29)26-19/h3-13H,14H2,1-2H3,(H2,27,28,31). The molecule has 2 heterocycles. The molecule has 32 heavy (non-hydrogen) atoms. The maximum Gasteiger partial charge on any atom is 0.323 e. The molecule has 0 spiro atoms. The zero-order chi connectivity index (χ0) is 22.7. The Bertz CT molecular complexity index is 1370. The van der Waals surface area contributed by atoms with E-state index in [1.807, 2.05) is 32.0 Å². The molecule has 0 aliphatic rings. The van der Waals surface area contributed by atoms with Gasteiger partial charge in [-0.2, -0.15) is 0 Å². The summed E-state index contributed by atoms with van der Waals surface area (Å²) >= 11 is 6.10. The average Bonchev–Trinajstić information content (AvgIpc) is 2.76. The van der Waals surface area contributed by atoms with E-state index < -0.39 is 6.03 Å². The molecule has 0 atom stereocenters. The Balaban J connectivity index is 1.42. The van der Waals surface area contributed by atoms with Crippen LogP contribution in [-0.2, 0) is 6.61 Å². The monoisotopic (exact) mass is 448 g/mol. The van der Waals surface area contributed by atoms with Crippen molar-refractivity contribution >= 4 is 34.7 Å². The van der Waals surface area contributed by atoms with Gasteiger partial charge in [0.15, 0.2) is 0 Å². The fourth-order valence-electron chi connectivity index (χ4n) is 3.17. The maximum atomic E-state index is 12.3. The number of aryl methyl sites for hydroxylation is 2. The zero-order valence-corrected chi connectivity index (χ0v) is 18.3. The van der Waals surface area contributed by atoms with Crippen LogP contribution in [0.15, 0.2) is 71.7 Å². The molecule has 0 saturated carbocycles. The summed E-state index contributed by atoms with van der Waals surface area (Å²) in [7, 11) is 0. The van der Waals surface area contributed by atoms with Crippen LogP contribution in [0.2, 0.25) is 5.02 Å². The zero-order valence-electron chi connectivity index (χ0n) is 17.6. The number of halogens is 1. The molecule has 162 valence electrons. The number of nitrogens with one attached hydrogen (secondary N) is 2. The number of ether oxygens (including phenoxy) is 1. The highest BCUT2D eigenvalue weighted by molar-refractivity contribution is 6.31. The van der Waals surface area contributed by atoms with Crippen LogP contribution in [-0.4, -0.2) is 15.4 Å². The number of hydrogen-bond acceptors (Lipinski definition) is 4. The van der Waals surface area contributed by atoms with Gasteiger partial charge in [0.05, 0.1) is 5.69 Å². The molecule has 0 aliphatic carbocycles. The molecule has 0 saturated heterocycles. The van der Waals surface area contributed by atoms with Gasteiger partial charge in [0.1, 0.15) is 18.0 Å². The first-order valence-corrected chi connectivity index (χ1v) is 10.3. The number of aromatic nitrogens is 2. The van der Waals surface area contributed by atoms with E-state index in [0.29, 0.717) is 33.5 Å². The van der Waals surface area contributed by atoms with Crippen molar-refractivity contribution in [1.29, 1.82) is 0 Å². The van der Waals surface area contributed by atoms with Gasteiger partial charge in [-0.25, -0.2) is 9.78 Å². The molecule has 2 aromatic heterocycles. The molecule has 4 rings (SSSR count). The molecule has 0 aliphatic heterocycles. The number of fused-ring (bicyclic) bond motifs is 1. The number of rotatable bonds is 5. The second-order valence-corrected chi connectivity index (χ2v) is 7.74. The molecule has 4 aromatic rings. The summed E-state index contributed by atoms with van der Waals surface area (Å²) in [6, 6.07) is 17.0. The van der Waals surface area contributed by atoms with Crippen LogP contribution < -0.4 is 20.9 Å². The summed E-state index contributed by atoms with van der Waals surface area (Å²) < 4.78 is 7.31. The Labute approximate surface area is 189 Å². The van der Waals surface area contributed by atoms with Crippen molar-refractivity contribution in [3.05, 3.63) is 99.1 Å². The van der Waals surface area contributed by atoms with Crippen molar-refractivity contribution < 1.29 is 9.53 Å². The van der Waals surface area contributed by atoms with Gasteiger partial charge < -0.3 is 15.4 Å². The molecule has 2 aromatic carbocycles. The lowest BCUT2D eigenvalue weighted by molar-refractivity contribution is 0.262. The van der Waals surface area contributed by atoms with E-state index in [-0.39, 0.29) is 12.2 Å². The highest BCUT2D eigenvalue weighted by atomic mass is 35.5. The first-order chi connectivity index (χ1) is 15.4. The van der Waals surface area contributed by atoms with Crippen molar-refractivity contribution in [1.82, 2.24) is 9.38 Å². The van der Waals surface area contributed by atoms with Gasteiger partial charge in [0.25, 0.3) is 5.56 Å². The summed E-state index contributed by atoms with van der Waals surface area (Å²) in [4.78, 5) is 29.2. The van der Waals surface area contributed by atoms with Crippen molar-refractivity contribution in [3.8, 4) is 5.75 Å². The Morgan fingerprint density at radius 3 is 2.56 bits per heavy atom. The quantitative estimate of drug-likeness (QED) is 0.440. The van der Waals surface area contributed by atoms with E-state index in [1.165, 1.54) is 10.5 Å². The largest absolute Gasteiger partial charge is 0.487 e. The fourth-order valence-corrected chi connectivity index (χ4v) is 3.35. The fraction of sp³-hybridized carbons (Fsp3) is 0.125. The summed E-state index contributed by atoms with van der Waals surface area (Å²) in [5, 5.41) is 6.08. The molecule has 2 N–H and O–H groups in total. The Kier molecular flexibility index (Phi) is 6.09. The molecule has 0 unspecified atom stereocenters. The van der Waals surface area contributed by atoms with Crippen LogP contribution in [0.4, 0.5) is 16.2 Å². The molecular weight excluding hydrogens is 428 g/mol. The van der Waals surface area contributed by atoms with E-state index in [1.54, 1.807) is 42.6 Å². The predicted octanol–water partition coefficient (Wildman–Crippen LogP) is 5.19. The Morgan fingerprint density at radius 1 is 1.00 bits per heavy atom. The van der Waals surface area contributed by atoms with E-state index in [9.17, 15) is 9.59 Å². The topological polar surface area (TPSA) is 84.7 Å². The van der Waals surface area contributed by atoms with Crippen LogP contribution in [0.1, 0.15) is 16.8 Å². The van der Waals surface area contributed by atoms with E-state index in [0.717, 1.165) is 11.1 Å². The van der Waals surface area contributed by atoms with Crippen molar-refractivity contribution in [3.63, 3.8) is 0 Å². The third kappa shape index (κ3) is 4.90. The maximum absolute atomic E-state index is 12.3. The highest BCUT2D eigenvalue weighted by Gasteiger charge is 2.08. The van der Waals surface area contributed by atoms with Crippen molar-refractivity contribution in [2.75, 3.05) is 10.6 Å². The number of hydrogen-bond donors (Lipinski definition) is 2. The molecule has 7 nitrogen and oxygen atoms in total. The smallest absolute Gasteiger partial charge is 0.323 e. The van der Waals surface area contributed by atoms with E-state index >= 15 is 0 Å². The molecule has 8 heteroatoms. The van der Waals surface area contributed by atoms with Gasteiger partial charge in [0.2, 0.25) is 0 Å². The van der Waals surface area contributed by atoms with E-state index in [4.69, 9.17) is 16.3 Å². The minimum atomic E-state index is -0.401. The number of anilines is 2. The van der Waals surface area contributed by atoms with Crippen molar-refractivity contribution in [2.45, 2.75) is 20.5 Å².